The summed E-state index contributed by atoms with van der Waals surface area (Å²) in [5.74, 6) is 0.0855. The molecule has 1 atom stereocenters. The number of fused-ring (bicyclic) bond motifs is 1. The fourth-order valence-electron chi connectivity index (χ4n) is 3.31. The van der Waals surface area contributed by atoms with Gasteiger partial charge in [-0.15, -0.1) is 0 Å². The number of rotatable bonds is 3. The summed E-state index contributed by atoms with van der Waals surface area (Å²) in [7, 11) is 0. The second kappa shape index (κ2) is 6.06. The van der Waals surface area contributed by atoms with E-state index in [1.165, 1.54) is 0 Å². The highest BCUT2D eigenvalue weighted by Gasteiger charge is 2.19. The SMILES string of the molecule is Cc1cccc2c1N=C/C2=C\c1c(C(C)c2ccccc2)[nH][nH]c1=O. The molecule has 25 heavy (non-hydrogen) atoms. The van der Waals surface area contributed by atoms with Gasteiger partial charge in [0, 0.05) is 23.3 Å². The maximum atomic E-state index is 12.4. The molecule has 0 aliphatic carbocycles. The number of H-pyrrole nitrogens is 2. The first-order chi connectivity index (χ1) is 12.1. The number of hydrogen-bond donors (Lipinski definition) is 2. The smallest absolute Gasteiger partial charge is 0.271 e. The Kier molecular flexibility index (Phi) is 3.73. The van der Waals surface area contributed by atoms with Gasteiger partial charge in [0.1, 0.15) is 0 Å². The van der Waals surface area contributed by atoms with Crippen LogP contribution in [0.3, 0.4) is 0 Å². The summed E-state index contributed by atoms with van der Waals surface area (Å²) in [6.45, 7) is 4.14. The van der Waals surface area contributed by atoms with Crippen LogP contribution in [0.25, 0.3) is 11.6 Å². The summed E-state index contributed by atoms with van der Waals surface area (Å²) in [6, 6.07) is 16.3. The first kappa shape index (κ1) is 15.4. The average Bonchev–Trinajstić information content (AvgIpc) is 3.21. The van der Waals surface area contributed by atoms with Crippen LogP contribution in [-0.2, 0) is 0 Å². The first-order valence-corrected chi connectivity index (χ1v) is 8.36. The van der Waals surface area contributed by atoms with E-state index in [2.05, 4.69) is 34.2 Å². The summed E-state index contributed by atoms with van der Waals surface area (Å²) in [6.07, 6.45) is 3.76. The molecule has 0 radical (unpaired) electrons. The van der Waals surface area contributed by atoms with E-state index in [0.29, 0.717) is 5.56 Å². The number of aromatic nitrogens is 2. The van der Waals surface area contributed by atoms with E-state index in [1.807, 2.05) is 55.6 Å². The van der Waals surface area contributed by atoms with E-state index in [-0.39, 0.29) is 11.5 Å². The van der Waals surface area contributed by atoms with Crippen molar-refractivity contribution in [1.29, 1.82) is 0 Å². The highest BCUT2D eigenvalue weighted by molar-refractivity contribution is 6.21. The lowest BCUT2D eigenvalue weighted by atomic mass is 9.94. The van der Waals surface area contributed by atoms with Gasteiger partial charge in [-0.3, -0.25) is 14.9 Å². The van der Waals surface area contributed by atoms with Crippen LogP contribution in [0.2, 0.25) is 0 Å². The third-order valence-electron chi connectivity index (χ3n) is 4.76. The lowest BCUT2D eigenvalue weighted by molar-refractivity contribution is 0.850. The number of allylic oxidation sites excluding steroid dienone is 1. The van der Waals surface area contributed by atoms with Crippen LogP contribution in [0, 0.1) is 6.92 Å². The van der Waals surface area contributed by atoms with E-state index in [9.17, 15) is 4.79 Å². The monoisotopic (exact) mass is 329 g/mol. The van der Waals surface area contributed by atoms with Gasteiger partial charge in [-0.05, 0) is 24.1 Å². The largest absolute Gasteiger partial charge is 0.301 e. The summed E-state index contributed by atoms with van der Waals surface area (Å²) in [5.41, 5.74) is 6.75. The molecule has 0 fully saturated rings. The topological polar surface area (TPSA) is 61.0 Å². The molecule has 2 aromatic carbocycles. The maximum absolute atomic E-state index is 12.4. The number of aliphatic imine (C=N–C) groups is 1. The van der Waals surface area contributed by atoms with Crippen molar-refractivity contribution in [2.75, 3.05) is 0 Å². The molecule has 0 amide bonds. The zero-order valence-corrected chi connectivity index (χ0v) is 14.2. The second-order valence-corrected chi connectivity index (χ2v) is 6.37. The van der Waals surface area contributed by atoms with Crippen molar-refractivity contribution in [2.45, 2.75) is 19.8 Å². The normalized spacial score (nSPS) is 15.5. The molecule has 3 aromatic rings. The number of benzene rings is 2. The van der Waals surface area contributed by atoms with Crippen LogP contribution in [-0.4, -0.2) is 16.4 Å². The predicted octanol–water partition coefficient (Wildman–Crippen LogP) is 4.42. The number of aryl methyl sites for hydroxylation is 1. The van der Waals surface area contributed by atoms with Crippen molar-refractivity contribution in [3.8, 4) is 0 Å². The third-order valence-corrected chi connectivity index (χ3v) is 4.76. The molecular formula is C21H19N3O. The lowest BCUT2D eigenvalue weighted by Gasteiger charge is -2.11. The van der Waals surface area contributed by atoms with Gasteiger partial charge >= 0.3 is 0 Å². The zero-order valence-electron chi connectivity index (χ0n) is 14.2. The van der Waals surface area contributed by atoms with Gasteiger partial charge in [-0.25, -0.2) is 0 Å². The number of nitrogens with zero attached hydrogens (tertiary/aromatic N) is 1. The summed E-state index contributed by atoms with van der Waals surface area (Å²) in [4.78, 5) is 16.9. The summed E-state index contributed by atoms with van der Waals surface area (Å²) in [5, 5.41) is 5.78. The van der Waals surface area contributed by atoms with Crippen molar-refractivity contribution in [2.24, 2.45) is 4.99 Å². The molecule has 1 aromatic heterocycles. The van der Waals surface area contributed by atoms with Gasteiger partial charge in [-0.2, -0.15) is 0 Å². The molecule has 0 saturated heterocycles. The Morgan fingerprint density at radius 3 is 2.64 bits per heavy atom. The highest BCUT2D eigenvalue weighted by atomic mass is 16.1. The van der Waals surface area contributed by atoms with Crippen LogP contribution in [0.4, 0.5) is 5.69 Å². The molecule has 4 rings (SSSR count). The van der Waals surface area contributed by atoms with Crippen molar-refractivity contribution in [3.05, 3.63) is 86.8 Å². The summed E-state index contributed by atoms with van der Waals surface area (Å²) < 4.78 is 0. The molecule has 0 spiro atoms. The molecule has 4 nitrogen and oxygen atoms in total. The molecule has 2 heterocycles. The standard InChI is InChI=1S/C21H19N3O/c1-13-7-6-10-17-16(12-22-19(13)17)11-18-20(23-24-21(18)25)14(2)15-8-4-3-5-9-15/h3-12,14H,1-2H3,(H2,23,24,25)/b16-11+. The highest BCUT2D eigenvalue weighted by Crippen LogP contribution is 2.35. The van der Waals surface area contributed by atoms with Crippen LogP contribution in [0.15, 0.2) is 58.3 Å². The Bertz CT molecular complexity index is 1040. The van der Waals surface area contributed by atoms with Crippen molar-refractivity contribution < 1.29 is 0 Å². The van der Waals surface area contributed by atoms with Crippen LogP contribution < -0.4 is 5.56 Å². The molecule has 124 valence electrons. The number of nitrogens with one attached hydrogen (secondary N) is 2. The minimum atomic E-state index is -0.111. The van der Waals surface area contributed by atoms with Crippen molar-refractivity contribution >= 4 is 23.6 Å². The van der Waals surface area contributed by atoms with E-state index < -0.39 is 0 Å². The molecule has 2 N–H and O–H groups in total. The average molecular weight is 329 g/mol. The molecule has 0 bridgehead atoms. The lowest BCUT2D eigenvalue weighted by Crippen LogP contribution is -2.05. The Labute approximate surface area is 145 Å². The maximum Gasteiger partial charge on any atom is 0.271 e. The Hall–Kier alpha value is -3.14. The summed E-state index contributed by atoms with van der Waals surface area (Å²) >= 11 is 0. The molecule has 1 aliphatic rings. The van der Waals surface area contributed by atoms with Gasteiger partial charge in [-0.1, -0.05) is 55.5 Å². The van der Waals surface area contributed by atoms with E-state index >= 15 is 0 Å². The number of aromatic amines is 2. The van der Waals surface area contributed by atoms with Gasteiger partial charge in [0.15, 0.2) is 0 Å². The van der Waals surface area contributed by atoms with E-state index in [1.54, 1.807) is 0 Å². The number of hydrogen-bond acceptors (Lipinski definition) is 2. The first-order valence-electron chi connectivity index (χ1n) is 8.36. The van der Waals surface area contributed by atoms with Crippen molar-refractivity contribution in [3.63, 3.8) is 0 Å². The molecule has 1 aliphatic heterocycles. The van der Waals surface area contributed by atoms with Crippen LogP contribution in [0.1, 0.15) is 40.8 Å². The second-order valence-electron chi connectivity index (χ2n) is 6.37. The van der Waals surface area contributed by atoms with E-state index in [0.717, 1.165) is 33.6 Å². The predicted molar refractivity (Wildman–Crippen MR) is 103 cm³/mol. The minimum Gasteiger partial charge on any atom is -0.301 e. The van der Waals surface area contributed by atoms with Gasteiger partial charge in [0.2, 0.25) is 0 Å². The quantitative estimate of drug-likeness (QED) is 0.734. The fourth-order valence-corrected chi connectivity index (χ4v) is 3.31. The van der Waals surface area contributed by atoms with Crippen molar-refractivity contribution in [1.82, 2.24) is 10.2 Å². The van der Waals surface area contributed by atoms with Crippen LogP contribution >= 0.6 is 0 Å². The van der Waals surface area contributed by atoms with Gasteiger partial charge < -0.3 is 5.10 Å². The fraction of sp³-hybridized carbons (Fsp3) is 0.143. The van der Waals surface area contributed by atoms with E-state index in [4.69, 9.17) is 0 Å². The molecule has 4 heteroatoms. The molecule has 1 unspecified atom stereocenters. The Balaban J connectivity index is 1.79. The molecule has 0 saturated carbocycles. The minimum absolute atomic E-state index is 0.0855. The van der Waals surface area contributed by atoms with Gasteiger partial charge in [0.05, 0.1) is 16.9 Å². The van der Waals surface area contributed by atoms with Gasteiger partial charge in [0.25, 0.3) is 5.56 Å². The third kappa shape index (κ3) is 2.66. The molecular weight excluding hydrogens is 310 g/mol. The Morgan fingerprint density at radius 1 is 1.04 bits per heavy atom. The Morgan fingerprint density at radius 2 is 1.84 bits per heavy atom. The van der Waals surface area contributed by atoms with Crippen LogP contribution in [0.5, 0.6) is 0 Å². The zero-order chi connectivity index (χ0) is 17.4. The number of para-hydroxylation sites is 1.